The summed E-state index contributed by atoms with van der Waals surface area (Å²) in [7, 11) is 1.72. The third kappa shape index (κ3) is 3.12. The van der Waals surface area contributed by atoms with E-state index in [1.165, 1.54) is 18.4 Å². The third-order valence-electron chi connectivity index (χ3n) is 5.29. The molecular formula is C18H26N2O2. The van der Waals surface area contributed by atoms with Crippen LogP contribution < -0.4 is 5.32 Å². The van der Waals surface area contributed by atoms with E-state index in [-0.39, 0.29) is 17.6 Å². The summed E-state index contributed by atoms with van der Waals surface area (Å²) in [6.45, 7) is 2.24. The van der Waals surface area contributed by atoms with E-state index in [0.29, 0.717) is 6.54 Å². The number of carbonyl (C=O) groups excluding carboxylic acids is 1. The predicted molar refractivity (Wildman–Crippen MR) is 87.0 cm³/mol. The second-order valence-electron chi connectivity index (χ2n) is 6.60. The monoisotopic (exact) mass is 302 g/mol. The lowest BCUT2D eigenvalue weighted by Crippen LogP contribution is -2.45. The lowest BCUT2D eigenvalue weighted by atomic mass is 9.79. The molecule has 1 aromatic carbocycles. The van der Waals surface area contributed by atoms with Crippen molar-refractivity contribution < 1.29 is 9.53 Å². The Bertz CT molecular complexity index is 497. The standard InChI is InChI=1S/C18H26N2O2/c1-22-16-9-12-20(13-16)17(21)19-14-18(10-5-6-11-18)15-7-3-2-4-8-15/h2-4,7-8,16H,5-6,9-14H2,1H3,(H,19,21). The van der Waals surface area contributed by atoms with Crippen molar-refractivity contribution in [2.45, 2.75) is 43.6 Å². The van der Waals surface area contributed by atoms with Crippen LogP contribution in [0.3, 0.4) is 0 Å². The molecule has 1 atom stereocenters. The second kappa shape index (κ2) is 6.69. The molecule has 22 heavy (non-hydrogen) atoms. The van der Waals surface area contributed by atoms with Crippen LogP contribution in [0.25, 0.3) is 0 Å². The maximum Gasteiger partial charge on any atom is 0.317 e. The van der Waals surface area contributed by atoms with E-state index < -0.39 is 0 Å². The average Bonchev–Trinajstić information content (AvgIpc) is 3.23. The number of methoxy groups -OCH3 is 1. The Balaban J connectivity index is 1.62. The van der Waals surface area contributed by atoms with Crippen molar-refractivity contribution in [2.24, 2.45) is 0 Å². The van der Waals surface area contributed by atoms with Crippen LogP contribution in [0.2, 0.25) is 0 Å². The third-order valence-corrected chi connectivity index (χ3v) is 5.29. The molecule has 1 aliphatic heterocycles. The van der Waals surface area contributed by atoms with Crippen molar-refractivity contribution in [2.75, 3.05) is 26.7 Å². The molecule has 1 aromatic rings. The van der Waals surface area contributed by atoms with Crippen LogP contribution in [-0.2, 0) is 10.2 Å². The molecule has 3 rings (SSSR count). The molecule has 1 N–H and O–H groups in total. The van der Waals surface area contributed by atoms with E-state index in [1.54, 1.807) is 7.11 Å². The SMILES string of the molecule is COC1CCN(C(=O)NCC2(c3ccccc3)CCCC2)C1. The number of nitrogens with zero attached hydrogens (tertiary/aromatic N) is 1. The molecule has 2 aliphatic rings. The van der Waals surface area contributed by atoms with Gasteiger partial charge in [-0.15, -0.1) is 0 Å². The van der Waals surface area contributed by atoms with Gasteiger partial charge in [-0.25, -0.2) is 4.79 Å². The predicted octanol–water partition coefficient (Wildman–Crippen LogP) is 2.93. The van der Waals surface area contributed by atoms with Gasteiger partial charge in [0, 0.05) is 32.2 Å². The molecule has 120 valence electrons. The van der Waals surface area contributed by atoms with Crippen molar-refractivity contribution in [1.29, 1.82) is 0 Å². The van der Waals surface area contributed by atoms with Crippen molar-refractivity contribution >= 4 is 6.03 Å². The van der Waals surface area contributed by atoms with E-state index in [0.717, 1.165) is 32.4 Å². The van der Waals surface area contributed by atoms with E-state index in [1.807, 2.05) is 4.90 Å². The molecule has 1 aliphatic carbocycles. The van der Waals surface area contributed by atoms with Crippen LogP contribution in [0.4, 0.5) is 4.79 Å². The molecule has 0 bridgehead atoms. The summed E-state index contributed by atoms with van der Waals surface area (Å²) < 4.78 is 5.34. The Morgan fingerprint density at radius 3 is 2.68 bits per heavy atom. The molecule has 4 nitrogen and oxygen atoms in total. The molecule has 2 fully saturated rings. The minimum Gasteiger partial charge on any atom is -0.380 e. The van der Waals surface area contributed by atoms with Gasteiger partial charge in [-0.05, 0) is 24.8 Å². The zero-order chi connectivity index (χ0) is 15.4. The maximum atomic E-state index is 12.4. The number of ether oxygens (including phenoxy) is 1. The summed E-state index contributed by atoms with van der Waals surface area (Å²) >= 11 is 0. The Morgan fingerprint density at radius 1 is 1.32 bits per heavy atom. The molecule has 0 aromatic heterocycles. The highest BCUT2D eigenvalue weighted by Gasteiger charge is 2.36. The number of carbonyl (C=O) groups is 1. The minimum atomic E-state index is 0.0572. The van der Waals surface area contributed by atoms with E-state index in [2.05, 4.69) is 35.6 Å². The van der Waals surface area contributed by atoms with Crippen LogP contribution in [0.15, 0.2) is 30.3 Å². The first kappa shape index (κ1) is 15.3. The molecule has 1 heterocycles. The van der Waals surface area contributed by atoms with E-state index >= 15 is 0 Å². The number of likely N-dealkylation sites (tertiary alicyclic amines) is 1. The Morgan fingerprint density at radius 2 is 2.05 bits per heavy atom. The summed E-state index contributed by atoms with van der Waals surface area (Å²) in [5.41, 5.74) is 1.49. The smallest absolute Gasteiger partial charge is 0.317 e. The summed E-state index contributed by atoms with van der Waals surface area (Å²) in [6.07, 6.45) is 5.96. The summed E-state index contributed by atoms with van der Waals surface area (Å²) in [5.74, 6) is 0. The first-order valence-corrected chi connectivity index (χ1v) is 8.35. The van der Waals surface area contributed by atoms with Crippen molar-refractivity contribution in [3.8, 4) is 0 Å². The molecule has 0 spiro atoms. The summed E-state index contributed by atoms with van der Waals surface area (Å²) in [4.78, 5) is 14.3. The fraction of sp³-hybridized carbons (Fsp3) is 0.611. The lowest BCUT2D eigenvalue weighted by Gasteiger charge is -2.31. The number of urea groups is 1. The van der Waals surface area contributed by atoms with Crippen LogP contribution in [0.5, 0.6) is 0 Å². The number of benzene rings is 1. The fourth-order valence-corrected chi connectivity index (χ4v) is 3.87. The molecule has 0 radical (unpaired) electrons. The van der Waals surface area contributed by atoms with Crippen LogP contribution in [-0.4, -0.2) is 43.8 Å². The summed E-state index contributed by atoms with van der Waals surface area (Å²) in [5, 5.41) is 3.18. The second-order valence-corrected chi connectivity index (χ2v) is 6.60. The quantitative estimate of drug-likeness (QED) is 0.929. The van der Waals surface area contributed by atoms with Gasteiger partial charge in [-0.2, -0.15) is 0 Å². The van der Waals surface area contributed by atoms with E-state index in [9.17, 15) is 4.79 Å². The van der Waals surface area contributed by atoms with Crippen molar-refractivity contribution in [1.82, 2.24) is 10.2 Å². The van der Waals surface area contributed by atoms with Gasteiger partial charge in [-0.3, -0.25) is 0 Å². The van der Waals surface area contributed by atoms with Gasteiger partial charge in [0.15, 0.2) is 0 Å². The highest BCUT2D eigenvalue weighted by atomic mass is 16.5. The average molecular weight is 302 g/mol. The van der Waals surface area contributed by atoms with Gasteiger partial charge in [0.1, 0.15) is 0 Å². The highest BCUT2D eigenvalue weighted by Crippen LogP contribution is 2.40. The van der Waals surface area contributed by atoms with Crippen LogP contribution in [0, 0.1) is 0 Å². The topological polar surface area (TPSA) is 41.6 Å². The minimum absolute atomic E-state index is 0.0572. The number of hydrogen-bond acceptors (Lipinski definition) is 2. The Labute approximate surface area is 132 Å². The van der Waals surface area contributed by atoms with Gasteiger partial charge < -0.3 is 15.0 Å². The largest absolute Gasteiger partial charge is 0.380 e. The van der Waals surface area contributed by atoms with Gasteiger partial charge in [0.2, 0.25) is 0 Å². The first-order valence-electron chi connectivity index (χ1n) is 8.35. The molecule has 4 heteroatoms. The number of amides is 2. The zero-order valence-electron chi connectivity index (χ0n) is 13.4. The number of nitrogens with one attached hydrogen (secondary N) is 1. The van der Waals surface area contributed by atoms with Gasteiger partial charge >= 0.3 is 6.03 Å². The van der Waals surface area contributed by atoms with E-state index in [4.69, 9.17) is 4.74 Å². The Kier molecular flexibility index (Phi) is 4.67. The first-order chi connectivity index (χ1) is 10.7. The number of hydrogen-bond donors (Lipinski definition) is 1. The molecule has 1 unspecified atom stereocenters. The summed E-state index contributed by atoms with van der Waals surface area (Å²) in [6, 6.07) is 10.7. The van der Waals surface area contributed by atoms with Gasteiger partial charge in [-0.1, -0.05) is 43.2 Å². The molecule has 1 saturated carbocycles. The van der Waals surface area contributed by atoms with Crippen molar-refractivity contribution in [3.63, 3.8) is 0 Å². The fourth-order valence-electron chi connectivity index (χ4n) is 3.87. The number of rotatable bonds is 4. The molecular weight excluding hydrogens is 276 g/mol. The van der Waals surface area contributed by atoms with Crippen molar-refractivity contribution in [3.05, 3.63) is 35.9 Å². The highest BCUT2D eigenvalue weighted by molar-refractivity contribution is 5.74. The lowest BCUT2D eigenvalue weighted by molar-refractivity contribution is 0.110. The zero-order valence-corrected chi connectivity index (χ0v) is 13.4. The maximum absolute atomic E-state index is 12.4. The Hall–Kier alpha value is -1.55. The van der Waals surface area contributed by atoms with Crippen LogP contribution in [0.1, 0.15) is 37.7 Å². The normalized spacial score (nSPS) is 23.7. The van der Waals surface area contributed by atoms with Gasteiger partial charge in [0.25, 0.3) is 0 Å². The molecule has 2 amide bonds. The molecule has 1 saturated heterocycles. The van der Waals surface area contributed by atoms with Gasteiger partial charge in [0.05, 0.1) is 6.10 Å². The van der Waals surface area contributed by atoms with Crippen LogP contribution >= 0.6 is 0 Å².